The maximum absolute atomic E-state index is 5.80. The van der Waals surface area contributed by atoms with Gasteiger partial charge < -0.3 is 15.0 Å². The third kappa shape index (κ3) is 3.73. The maximum Gasteiger partial charge on any atom is 0.113 e. The fraction of sp³-hybridized carbons (Fsp3) is 0.364. The first-order chi connectivity index (χ1) is 13.5. The number of aryl methyl sites for hydroxylation is 1. The van der Waals surface area contributed by atoms with Crippen LogP contribution in [0, 0.1) is 6.92 Å². The number of hydrogen-bond donors (Lipinski definition) is 1. The fourth-order valence-corrected chi connectivity index (χ4v) is 3.51. The summed E-state index contributed by atoms with van der Waals surface area (Å²) in [6, 6.07) is 14.4. The van der Waals surface area contributed by atoms with Crippen LogP contribution in [-0.2, 0) is 11.3 Å². The summed E-state index contributed by atoms with van der Waals surface area (Å²) in [5, 5.41) is 12.0. The second kappa shape index (κ2) is 7.64. The molecule has 1 aliphatic heterocycles. The molecule has 0 saturated carbocycles. The Bertz CT molecular complexity index is 988. The second-order valence-electron chi connectivity index (χ2n) is 7.61. The Labute approximate surface area is 165 Å². The van der Waals surface area contributed by atoms with Crippen LogP contribution in [0.5, 0.6) is 0 Å². The van der Waals surface area contributed by atoms with E-state index in [0.29, 0.717) is 6.10 Å². The molecule has 0 bridgehead atoms. The molecule has 0 radical (unpaired) electrons. The van der Waals surface area contributed by atoms with Gasteiger partial charge in [-0.2, -0.15) is 0 Å². The fourth-order valence-electron chi connectivity index (χ4n) is 3.51. The molecule has 0 aliphatic carbocycles. The van der Waals surface area contributed by atoms with Gasteiger partial charge in [-0.05, 0) is 56.2 Å². The van der Waals surface area contributed by atoms with E-state index in [9.17, 15) is 0 Å². The summed E-state index contributed by atoms with van der Waals surface area (Å²) >= 11 is 0. The van der Waals surface area contributed by atoms with Gasteiger partial charge in [-0.1, -0.05) is 30.0 Å². The van der Waals surface area contributed by atoms with Crippen LogP contribution in [0.4, 0.5) is 0 Å². The van der Waals surface area contributed by atoms with Crippen molar-refractivity contribution in [3.63, 3.8) is 0 Å². The number of fused-ring (bicyclic) bond motifs is 1. The Morgan fingerprint density at radius 2 is 2.04 bits per heavy atom. The predicted molar refractivity (Wildman–Crippen MR) is 111 cm³/mol. The lowest BCUT2D eigenvalue weighted by Crippen LogP contribution is -2.54. The van der Waals surface area contributed by atoms with E-state index in [2.05, 4.69) is 66.1 Å². The lowest BCUT2D eigenvalue weighted by atomic mass is 10.1. The Kier molecular flexibility index (Phi) is 5.05. The Balaban J connectivity index is 1.38. The van der Waals surface area contributed by atoms with Crippen molar-refractivity contribution in [1.29, 1.82) is 0 Å². The van der Waals surface area contributed by atoms with Crippen LogP contribution in [0.25, 0.3) is 16.7 Å². The number of rotatable bonds is 7. The van der Waals surface area contributed by atoms with E-state index in [1.807, 2.05) is 28.9 Å². The predicted octanol–water partition coefficient (Wildman–Crippen LogP) is 3.40. The quantitative estimate of drug-likeness (QED) is 0.684. The summed E-state index contributed by atoms with van der Waals surface area (Å²) in [6.45, 7) is 13.0. The van der Waals surface area contributed by atoms with Crippen molar-refractivity contribution in [3.05, 3.63) is 66.0 Å². The van der Waals surface area contributed by atoms with E-state index >= 15 is 0 Å². The normalized spacial score (nSPS) is 14.5. The van der Waals surface area contributed by atoms with Gasteiger partial charge in [-0.25, -0.2) is 4.68 Å². The monoisotopic (exact) mass is 377 g/mol. The van der Waals surface area contributed by atoms with E-state index in [1.54, 1.807) is 0 Å². The zero-order valence-electron chi connectivity index (χ0n) is 16.7. The minimum absolute atomic E-state index is 0.275. The van der Waals surface area contributed by atoms with Gasteiger partial charge >= 0.3 is 0 Å². The van der Waals surface area contributed by atoms with Gasteiger partial charge in [0.1, 0.15) is 5.52 Å². The number of nitrogens with zero attached hydrogens (tertiary/aromatic N) is 4. The van der Waals surface area contributed by atoms with Crippen LogP contribution in [0.15, 0.2) is 54.9 Å². The molecule has 1 aliphatic rings. The minimum atomic E-state index is 0.275. The van der Waals surface area contributed by atoms with Gasteiger partial charge in [0.2, 0.25) is 0 Å². The highest BCUT2D eigenvalue weighted by atomic mass is 16.5. The number of nitrogens with one attached hydrogen (secondary N) is 1. The molecular formula is C22H27N5O. The number of hydrogen-bond acceptors (Lipinski definition) is 5. The standard InChI is InChI=1S/C22H27N5O/c1-15(2)28-20-13-26(14-20)17(4)23-12-18-9-10-19(11-16(18)3)27-22-8-6-5-7-21(22)24-25-27/h5-11,15,20,23H,4,12-14H2,1-3H3. The number of benzene rings is 2. The molecule has 3 aromatic rings. The first kappa shape index (κ1) is 18.5. The molecule has 0 amide bonds. The van der Waals surface area contributed by atoms with Gasteiger partial charge in [-0.15, -0.1) is 5.10 Å². The van der Waals surface area contributed by atoms with Crippen LogP contribution < -0.4 is 5.32 Å². The van der Waals surface area contributed by atoms with Crippen LogP contribution in [0.2, 0.25) is 0 Å². The molecule has 2 heterocycles. The zero-order chi connectivity index (χ0) is 19.7. The molecule has 1 N–H and O–H groups in total. The average Bonchev–Trinajstić information content (AvgIpc) is 3.07. The van der Waals surface area contributed by atoms with Gasteiger partial charge in [0.15, 0.2) is 0 Å². The molecule has 0 spiro atoms. The van der Waals surface area contributed by atoms with Crippen molar-refractivity contribution in [3.8, 4) is 5.69 Å². The first-order valence-corrected chi connectivity index (χ1v) is 9.75. The molecule has 1 saturated heterocycles. The summed E-state index contributed by atoms with van der Waals surface area (Å²) < 4.78 is 7.69. The van der Waals surface area contributed by atoms with E-state index in [-0.39, 0.29) is 6.10 Å². The molecule has 6 nitrogen and oxygen atoms in total. The van der Waals surface area contributed by atoms with Crippen LogP contribution >= 0.6 is 0 Å². The van der Waals surface area contributed by atoms with Crippen LogP contribution in [0.1, 0.15) is 25.0 Å². The highest BCUT2D eigenvalue weighted by Crippen LogP contribution is 2.20. The summed E-state index contributed by atoms with van der Waals surface area (Å²) in [4.78, 5) is 2.22. The Morgan fingerprint density at radius 1 is 1.25 bits per heavy atom. The van der Waals surface area contributed by atoms with Crippen molar-refractivity contribution in [1.82, 2.24) is 25.2 Å². The molecule has 146 valence electrons. The number of para-hydroxylation sites is 1. The summed E-state index contributed by atoms with van der Waals surface area (Å²) in [6.07, 6.45) is 0.591. The Morgan fingerprint density at radius 3 is 2.79 bits per heavy atom. The number of likely N-dealkylation sites (tertiary alicyclic amines) is 1. The zero-order valence-corrected chi connectivity index (χ0v) is 16.7. The smallest absolute Gasteiger partial charge is 0.113 e. The molecule has 0 unspecified atom stereocenters. The molecular weight excluding hydrogens is 350 g/mol. The highest BCUT2D eigenvalue weighted by Gasteiger charge is 2.28. The SMILES string of the molecule is C=C(NCc1ccc(-n2nnc3ccccc32)cc1C)N1CC(OC(C)C)C1. The summed E-state index contributed by atoms with van der Waals surface area (Å²) in [5.41, 5.74) is 5.38. The lowest BCUT2D eigenvalue weighted by Gasteiger charge is -2.42. The molecule has 0 atom stereocenters. The highest BCUT2D eigenvalue weighted by molar-refractivity contribution is 5.75. The number of aromatic nitrogens is 3. The topological polar surface area (TPSA) is 55.2 Å². The van der Waals surface area contributed by atoms with Gasteiger partial charge in [0.25, 0.3) is 0 Å². The van der Waals surface area contributed by atoms with Crippen LogP contribution in [-0.4, -0.2) is 45.2 Å². The molecule has 4 rings (SSSR count). The molecule has 28 heavy (non-hydrogen) atoms. The Hall–Kier alpha value is -2.86. The van der Waals surface area contributed by atoms with E-state index in [1.165, 1.54) is 11.1 Å². The largest absolute Gasteiger partial charge is 0.372 e. The van der Waals surface area contributed by atoms with Crippen molar-refractivity contribution >= 4 is 11.0 Å². The minimum Gasteiger partial charge on any atom is -0.372 e. The number of ether oxygens (including phenoxy) is 1. The van der Waals surface area contributed by atoms with Crippen LogP contribution in [0.3, 0.4) is 0 Å². The second-order valence-corrected chi connectivity index (χ2v) is 7.61. The van der Waals surface area contributed by atoms with Gasteiger partial charge in [0, 0.05) is 19.6 Å². The van der Waals surface area contributed by atoms with E-state index < -0.39 is 0 Å². The van der Waals surface area contributed by atoms with E-state index in [4.69, 9.17) is 4.74 Å². The third-order valence-corrected chi connectivity index (χ3v) is 5.10. The lowest BCUT2D eigenvalue weighted by molar-refractivity contribution is -0.0703. The van der Waals surface area contributed by atoms with E-state index in [0.717, 1.165) is 42.2 Å². The average molecular weight is 377 g/mol. The third-order valence-electron chi connectivity index (χ3n) is 5.10. The van der Waals surface area contributed by atoms with Gasteiger partial charge in [-0.3, -0.25) is 0 Å². The van der Waals surface area contributed by atoms with Crippen molar-refractivity contribution in [2.75, 3.05) is 13.1 Å². The van der Waals surface area contributed by atoms with Crippen molar-refractivity contribution in [2.45, 2.75) is 39.5 Å². The van der Waals surface area contributed by atoms with Crippen molar-refractivity contribution < 1.29 is 4.74 Å². The summed E-state index contributed by atoms with van der Waals surface area (Å²) in [7, 11) is 0. The summed E-state index contributed by atoms with van der Waals surface area (Å²) in [5.74, 6) is 0.953. The first-order valence-electron chi connectivity index (χ1n) is 9.75. The maximum atomic E-state index is 5.80. The molecule has 1 fully saturated rings. The molecule has 1 aromatic heterocycles. The van der Waals surface area contributed by atoms with Gasteiger partial charge in [0.05, 0.1) is 29.2 Å². The van der Waals surface area contributed by atoms with Crippen molar-refractivity contribution in [2.24, 2.45) is 0 Å². The molecule has 2 aromatic carbocycles. The molecule has 6 heteroatoms.